The first-order chi connectivity index (χ1) is 7.58. The molecule has 0 aliphatic rings. The lowest BCUT2D eigenvalue weighted by molar-refractivity contribution is 0.0963. The van der Waals surface area contributed by atoms with Crippen LogP contribution in [0.15, 0.2) is 18.2 Å². The summed E-state index contributed by atoms with van der Waals surface area (Å²) in [6.07, 6.45) is 1.02. The zero-order valence-corrected chi connectivity index (χ0v) is 10.0. The maximum Gasteiger partial charge on any atom is 0.251 e. The van der Waals surface area contributed by atoms with Gasteiger partial charge in [0.1, 0.15) is 0 Å². The molecular weight excluding hydrogens is 202 g/mol. The fourth-order valence-corrected chi connectivity index (χ4v) is 1.35. The summed E-state index contributed by atoms with van der Waals surface area (Å²) < 4.78 is 0. The van der Waals surface area contributed by atoms with Crippen molar-refractivity contribution in [3.05, 3.63) is 23.8 Å². The summed E-state index contributed by atoms with van der Waals surface area (Å²) >= 11 is 0. The maximum atomic E-state index is 11.4. The first-order valence-corrected chi connectivity index (χ1v) is 5.46. The molecule has 0 spiro atoms. The lowest BCUT2D eigenvalue weighted by atomic mass is 10.1. The molecule has 4 heteroatoms. The van der Waals surface area contributed by atoms with Crippen molar-refractivity contribution in [1.29, 1.82) is 0 Å². The number of carbonyl (C=O) groups excluding carboxylic acids is 1. The van der Waals surface area contributed by atoms with Gasteiger partial charge in [0.05, 0.1) is 11.4 Å². The highest BCUT2D eigenvalue weighted by Gasteiger charge is 2.07. The molecule has 1 amide bonds. The summed E-state index contributed by atoms with van der Waals surface area (Å²) in [7, 11) is 1.60. The van der Waals surface area contributed by atoms with Crippen molar-refractivity contribution in [2.24, 2.45) is 0 Å². The van der Waals surface area contributed by atoms with Crippen LogP contribution in [-0.4, -0.2) is 19.0 Å². The SMILES string of the molecule is CCC(C)Nc1ccc(C(=O)NC)cc1N. The Morgan fingerprint density at radius 1 is 1.50 bits per heavy atom. The largest absolute Gasteiger partial charge is 0.397 e. The van der Waals surface area contributed by atoms with Crippen LogP contribution in [0.3, 0.4) is 0 Å². The predicted octanol–water partition coefficient (Wildman–Crippen LogP) is 1.84. The van der Waals surface area contributed by atoms with E-state index in [9.17, 15) is 4.79 Å². The molecule has 0 fully saturated rings. The fraction of sp³-hybridized carbons (Fsp3) is 0.417. The minimum absolute atomic E-state index is 0.123. The number of nitrogen functional groups attached to an aromatic ring is 1. The highest BCUT2D eigenvalue weighted by atomic mass is 16.1. The Kier molecular flexibility index (Phi) is 4.17. The Balaban J connectivity index is 2.87. The van der Waals surface area contributed by atoms with Crippen molar-refractivity contribution in [1.82, 2.24) is 5.32 Å². The van der Waals surface area contributed by atoms with Crippen molar-refractivity contribution >= 4 is 17.3 Å². The Morgan fingerprint density at radius 3 is 2.69 bits per heavy atom. The third kappa shape index (κ3) is 2.89. The van der Waals surface area contributed by atoms with Crippen molar-refractivity contribution in [3.63, 3.8) is 0 Å². The monoisotopic (exact) mass is 221 g/mol. The molecule has 0 radical (unpaired) electrons. The predicted molar refractivity (Wildman–Crippen MR) is 67.6 cm³/mol. The van der Waals surface area contributed by atoms with Gasteiger partial charge in [0.25, 0.3) is 5.91 Å². The Morgan fingerprint density at radius 2 is 2.19 bits per heavy atom. The second-order valence-corrected chi connectivity index (χ2v) is 3.83. The first kappa shape index (κ1) is 12.4. The van der Waals surface area contributed by atoms with Crippen LogP contribution in [0.2, 0.25) is 0 Å². The van der Waals surface area contributed by atoms with Gasteiger partial charge in [-0.1, -0.05) is 6.92 Å². The number of nitrogens with one attached hydrogen (secondary N) is 2. The molecular formula is C12H19N3O. The highest BCUT2D eigenvalue weighted by Crippen LogP contribution is 2.21. The zero-order chi connectivity index (χ0) is 12.1. The summed E-state index contributed by atoms with van der Waals surface area (Å²) in [6.45, 7) is 4.19. The van der Waals surface area contributed by atoms with Crippen molar-refractivity contribution < 1.29 is 4.79 Å². The van der Waals surface area contributed by atoms with Gasteiger partial charge >= 0.3 is 0 Å². The van der Waals surface area contributed by atoms with Crippen LogP contribution in [0, 0.1) is 0 Å². The summed E-state index contributed by atoms with van der Waals surface area (Å²) in [5.41, 5.74) is 7.93. The second-order valence-electron chi connectivity index (χ2n) is 3.83. The number of hydrogen-bond acceptors (Lipinski definition) is 3. The van der Waals surface area contributed by atoms with Gasteiger partial charge in [-0.2, -0.15) is 0 Å². The van der Waals surface area contributed by atoms with E-state index in [0.717, 1.165) is 12.1 Å². The standard InChI is InChI=1S/C12H19N3O/c1-4-8(2)15-11-6-5-9(7-10(11)13)12(16)14-3/h5-8,15H,4,13H2,1-3H3,(H,14,16). The van der Waals surface area contributed by atoms with E-state index in [1.54, 1.807) is 19.2 Å². The van der Waals surface area contributed by atoms with Crippen LogP contribution < -0.4 is 16.4 Å². The summed E-state index contributed by atoms with van der Waals surface area (Å²) in [5.74, 6) is -0.123. The molecule has 1 aromatic rings. The fourth-order valence-electron chi connectivity index (χ4n) is 1.35. The second kappa shape index (κ2) is 5.39. The van der Waals surface area contributed by atoms with Crippen LogP contribution in [-0.2, 0) is 0 Å². The highest BCUT2D eigenvalue weighted by molar-refractivity contribution is 5.95. The average Bonchev–Trinajstić information content (AvgIpc) is 2.30. The molecule has 0 aromatic heterocycles. The Bertz CT molecular complexity index is 377. The third-order valence-electron chi connectivity index (χ3n) is 2.56. The molecule has 0 saturated carbocycles. The molecule has 88 valence electrons. The minimum atomic E-state index is -0.123. The summed E-state index contributed by atoms with van der Waals surface area (Å²) in [6, 6.07) is 5.66. The molecule has 0 bridgehead atoms. The number of hydrogen-bond donors (Lipinski definition) is 3. The van der Waals surface area contributed by atoms with Gasteiger partial charge in [0.2, 0.25) is 0 Å². The number of carbonyl (C=O) groups is 1. The van der Waals surface area contributed by atoms with Crippen molar-refractivity contribution in [3.8, 4) is 0 Å². The molecule has 4 nitrogen and oxygen atoms in total. The molecule has 0 aliphatic carbocycles. The van der Waals surface area contributed by atoms with Crippen molar-refractivity contribution in [2.45, 2.75) is 26.3 Å². The molecule has 0 saturated heterocycles. The lowest BCUT2D eigenvalue weighted by Gasteiger charge is -2.15. The van der Waals surface area contributed by atoms with Gasteiger partial charge in [0.15, 0.2) is 0 Å². The van der Waals surface area contributed by atoms with Gasteiger partial charge in [-0.3, -0.25) is 4.79 Å². The molecule has 1 unspecified atom stereocenters. The van der Waals surface area contributed by atoms with E-state index in [2.05, 4.69) is 24.5 Å². The molecule has 1 rings (SSSR count). The number of amides is 1. The molecule has 4 N–H and O–H groups in total. The molecule has 1 aromatic carbocycles. The van der Waals surface area contributed by atoms with E-state index in [0.29, 0.717) is 17.3 Å². The van der Waals surface area contributed by atoms with Crippen LogP contribution in [0.25, 0.3) is 0 Å². The van der Waals surface area contributed by atoms with E-state index < -0.39 is 0 Å². The van der Waals surface area contributed by atoms with E-state index in [-0.39, 0.29) is 5.91 Å². The Labute approximate surface area is 96.2 Å². The van der Waals surface area contributed by atoms with Gasteiger partial charge in [-0.25, -0.2) is 0 Å². The summed E-state index contributed by atoms with van der Waals surface area (Å²) in [4.78, 5) is 11.4. The first-order valence-electron chi connectivity index (χ1n) is 5.46. The molecule has 0 heterocycles. The third-order valence-corrected chi connectivity index (χ3v) is 2.56. The van der Waals surface area contributed by atoms with Crippen LogP contribution in [0.4, 0.5) is 11.4 Å². The van der Waals surface area contributed by atoms with Gasteiger partial charge in [0, 0.05) is 18.7 Å². The summed E-state index contributed by atoms with van der Waals surface area (Å²) in [5, 5.41) is 5.85. The van der Waals surface area contributed by atoms with Crippen LogP contribution in [0.5, 0.6) is 0 Å². The lowest BCUT2D eigenvalue weighted by Crippen LogP contribution is -2.19. The quantitative estimate of drug-likeness (QED) is 0.680. The number of anilines is 2. The van der Waals surface area contributed by atoms with E-state index in [1.165, 1.54) is 0 Å². The molecule has 0 aliphatic heterocycles. The van der Waals surface area contributed by atoms with E-state index in [1.807, 2.05) is 6.07 Å². The maximum absolute atomic E-state index is 11.4. The number of rotatable bonds is 4. The van der Waals surface area contributed by atoms with Gasteiger partial charge in [-0.05, 0) is 31.5 Å². The van der Waals surface area contributed by atoms with Crippen LogP contribution in [0.1, 0.15) is 30.6 Å². The molecule has 16 heavy (non-hydrogen) atoms. The molecule has 1 atom stereocenters. The Hall–Kier alpha value is -1.71. The number of benzene rings is 1. The van der Waals surface area contributed by atoms with Crippen molar-refractivity contribution in [2.75, 3.05) is 18.1 Å². The minimum Gasteiger partial charge on any atom is -0.397 e. The smallest absolute Gasteiger partial charge is 0.251 e. The zero-order valence-electron chi connectivity index (χ0n) is 10.0. The topological polar surface area (TPSA) is 67.2 Å². The van der Waals surface area contributed by atoms with Crippen LogP contribution >= 0.6 is 0 Å². The number of nitrogens with two attached hydrogens (primary N) is 1. The van der Waals surface area contributed by atoms with E-state index >= 15 is 0 Å². The van der Waals surface area contributed by atoms with E-state index in [4.69, 9.17) is 5.73 Å². The normalized spacial score (nSPS) is 11.9. The van der Waals surface area contributed by atoms with Gasteiger partial charge in [-0.15, -0.1) is 0 Å². The average molecular weight is 221 g/mol. The van der Waals surface area contributed by atoms with Gasteiger partial charge < -0.3 is 16.4 Å².